The molecule has 4 aliphatic rings. The van der Waals surface area contributed by atoms with Crippen LogP contribution in [0.5, 0.6) is 23.0 Å². The maximum absolute atomic E-state index is 11.9. The van der Waals surface area contributed by atoms with Gasteiger partial charge in [-0.3, -0.25) is 0 Å². The molecule has 0 aliphatic carbocycles. The lowest BCUT2D eigenvalue weighted by Crippen LogP contribution is -3.00. The largest absolute Gasteiger partial charge is 1.00 e. The summed E-state index contributed by atoms with van der Waals surface area (Å²) in [5, 5.41) is 0. The zero-order chi connectivity index (χ0) is 23.6. The maximum Gasteiger partial charge on any atom is 0.337 e. The Kier molecular flexibility index (Phi) is 5.61. The normalized spacial score (nSPS) is 22.1. The van der Waals surface area contributed by atoms with Crippen molar-refractivity contribution in [1.29, 1.82) is 0 Å². The van der Waals surface area contributed by atoms with Crippen molar-refractivity contribution in [3.63, 3.8) is 0 Å². The molecule has 0 aromatic heterocycles. The number of halogens is 1. The summed E-state index contributed by atoms with van der Waals surface area (Å²) in [7, 11) is 1.41. The van der Waals surface area contributed by atoms with Gasteiger partial charge in [-0.25, -0.2) is 4.79 Å². The molecule has 7 rings (SSSR count). The van der Waals surface area contributed by atoms with E-state index in [9.17, 15) is 4.79 Å². The molecule has 0 fully saturated rings. The van der Waals surface area contributed by atoms with Crippen LogP contribution < -0.4 is 35.9 Å². The van der Waals surface area contributed by atoms with E-state index < -0.39 is 0 Å². The number of hydrogen-bond donors (Lipinski definition) is 0. The topological polar surface area (TPSA) is 63.2 Å². The number of nitrogens with zero attached hydrogens (tertiary/aromatic N) is 1. The molecule has 36 heavy (non-hydrogen) atoms. The molecule has 4 heterocycles. The molecule has 0 N–H and O–H groups in total. The van der Waals surface area contributed by atoms with Crippen molar-refractivity contribution < 1.29 is 49.9 Å². The van der Waals surface area contributed by atoms with Gasteiger partial charge in [0, 0.05) is 24.0 Å². The molecule has 0 bridgehead atoms. The van der Waals surface area contributed by atoms with E-state index in [1.54, 1.807) is 0 Å². The number of methoxy groups -OCH3 is 1. The molecule has 8 heteroatoms. The number of rotatable bonds is 3. The summed E-state index contributed by atoms with van der Waals surface area (Å²) in [4.78, 5) is 11.9. The number of carbonyl (C=O) groups is 1. The summed E-state index contributed by atoms with van der Waals surface area (Å²) in [5.41, 5.74) is 7.02. The predicted molar refractivity (Wildman–Crippen MR) is 126 cm³/mol. The number of ether oxygens (including phenoxy) is 5. The van der Waals surface area contributed by atoms with E-state index in [4.69, 9.17) is 23.7 Å². The van der Waals surface area contributed by atoms with Crippen LogP contribution in [0.4, 0.5) is 0 Å². The monoisotopic (exact) mass is 551 g/mol. The molecular formula is C28H26BrNO6. The lowest BCUT2D eigenvalue weighted by Gasteiger charge is -2.51. The summed E-state index contributed by atoms with van der Waals surface area (Å²) in [6.45, 7) is 3.27. The van der Waals surface area contributed by atoms with Crippen molar-refractivity contribution in [1.82, 2.24) is 0 Å². The third-order valence-electron chi connectivity index (χ3n) is 7.98. The smallest absolute Gasteiger partial charge is 0.337 e. The Bertz CT molecular complexity index is 1360. The van der Waals surface area contributed by atoms with Crippen molar-refractivity contribution in [2.45, 2.75) is 32.0 Å². The van der Waals surface area contributed by atoms with Crippen LogP contribution >= 0.6 is 0 Å². The summed E-state index contributed by atoms with van der Waals surface area (Å²) < 4.78 is 28.8. The number of hydrogen-bond acceptors (Lipinski definition) is 6. The Morgan fingerprint density at radius 2 is 1.69 bits per heavy atom. The number of benzene rings is 3. The van der Waals surface area contributed by atoms with Gasteiger partial charge in [0.2, 0.25) is 13.6 Å². The summed E-state index contributed by atoms with van der Waals surface area (Å²) in [6.07, 6.45) is 1.88. The molecular weight excluding hydrogens is 526 g/mol. The lowest BCUT2D eigenvalue weighted by atomic mass is 9.80. The first kappa shape index (κ1) is 23.2. The molecule has 0 spiro atoms. The number of fused-ring (bicyclic) bond motifs is 7. The van der Waals surface area contributed by atoms with Gasteiger partial charge in [0.25, 0.3) is 0 Å². The van der Waals surface area contributed by atoms with Crippen LogP contribution in [0.25, 0.3) is 0 Å². The highest BCUT2D eigenvalue weighted by atomic mass is 79.9. The maximum atomic E-state index is 11.9. The van der Waals surface area contributed by atoms with E-state index in [0.717, 1.165) is 60.0 Å². The van der Waals surface area contributed by atoms with Crippen LogP contribution in [0.1, 0.15) is 44.2 Å². The van der Waals surface area contributed by atoms with Gasteiger partial charge in [-0.1, -0.05) is 18.2 Å². The van der Waals surface area contributed by atoms with Gasteiger partial charge in [0.05, 0.1) is 24.8 Å². The fourth-order valence-electron chi connectivity index (χ4n) is 6.24. The first-order valence-electron chi connectivity index (χ1n) is 12.0. The zero-order valence-electron chi connectivity index (χ0n) is 19.9. The molecule has 0 radical (unpaired) electrons. The highest BCUT2D eigenvalue weighted by molar-refractivity contribution is 5.89. The molecule has 2 unspecified atom stereocenters. The van der Waals surface area contributed by atoms with Crippen LogP contribution in [0.15, 0.2) is 48.5 Å². The van der Waals surface area contributed by atoms with Crippen LogP contribution in [0.3, 0.4) is 0 Å². The standard InChI is InChI=1S/C28H26NO6.BrH/c1-31-28(30)18-4-2-17(3-5-18)13-29-9-8-20-11-25-26(34-15-33-25)12-21(20)23(29)10-19-6-7-24-27(22(19)14-29)35-16-32-24;/h2-7,11-12,23H,8-10,13-16H2,1H3;1H/q+1;/p-1. The Morgan fingerprint density at radius 3 is 2.50 bits per heavy atom. The molecule has 4 aliphatic heterocycles. The van der Waals surface area contributed by atoms with Crippen LogP contribution in [0, 0.1) is 0 Å². The van der Waals surface area contributed by atoms with Crippen molar-refractivity contribution in [2.24, 2.45) is 0 Å². The quantitative estimate of drug-likeness (QED) is 0.361. The Balaban J connectivity index is 0.00000240. The highest BCUT2D eigenvalue weighted by Gasteiger charge is 2.48. The third-order valence-corrected chi connectivity index (χ3v) is 7.98. The highest BCUT2D eigenvalue weighted by Crippen LogP contribution is 2.51. The van der Waals surface area contributed by atoms with Crippen molar-refractivity contribution in [3.8, 4) is 23.0 Å². The molecule has 0 amide bonds. The zero-order valence-corrected chi connectivity index (χ0v) is 21.5. The third kappa shape index (κ3) is 3.54. The van der Waals surface area contributed by atoms with E-state index in [-0.39, 0.29) is 42.6 Å². The summed E-state index contributed by atoms with van der Waals surface area (Å²) in [6, 6.07) is 16.7. The van der Waals surface area contributed by atoms with E-state index >= 15 is 0 Å². The predicted octanol–water partition coefficient (Wildman–Crippen LogP) is 1.31. The fourth-order valence-corrected chi connectivity index (χ4v) is 6.24. The average molecular weight is 552 g/mol. The van der Waals surface area contributed by atoms with Gasteiger partial charge in [-0.05, 0) is 41.5 Å². The number of carbonyl (C=O) groups excluding carboxylic acids is 1. The second-order valence-corrected chi connectivity index (χ2v) is 9.76. The van der Waals surface area contributed by atoms with Crippen molar-refractivity contribution >= 4 is 5.97 Å². The van der Waals surface area contributed by atoms with E-state index in [0.29, 0.717) is 5.56 Å². The first-order valence-corrected chi connectivity index (χ1v) is 12.0. The molecule has 3 aromatic carbocycles. The molecule has 186 valence electrons. The van der Waals surface area contributed by atoms with Gasteiger partial charge >= 0.3 is 5.97 Å². The molecule has 0 saturated carbocycles. The Hall–Kier alpha value is -3.23. The Morgan fingerprint density at radius 1 is 0.944 bits per heavy atom. The average Bonchev–Trinajstić information content (AvgIpc) is 3.56. The SMILES string of the molecule is COC(=O)c1ccc(C[N+]23CCc4cc5c(cc4C2Cc2ccc4c(c2C3)OCO4)OCO5)cc1.[Br-]. The first-order chi connectivity index (χ1) is 17.1. The second-order valence-electron chi connectivity index (χ2n) is 9.76. The minimum absolute atomic E-state index is 0. The van der Waals surface area contributed by atoms with Crippen molar-refractivity contribution in [2.75, 3.05) is 27.2 Å². The molecule has 7 nitrogen and oxygen atoms in total. The summed E-state index contributed by atoms with van der Waals surface area (Å²) >= 11 is 0. The molecule has 3 aromatic rings. The van der Waals surface area contributed by atoms with Gasteiger partial charge in [-0.15, -0.1) is 0 Å². The second kappa shape index (κ2) is 8.71. The summed E-state index contributed by atoms with van der Waals surface area (Å²) in [5.74, 6) is 3.10. The lowest BCUT2D eigenvalue weighted by molar-refractivity contribution is -0.985. The van der Waals surface area contributed by atoms with E-state index in [1.165, 1.54) is 34.9 Å². The van der Waals surface area contributed by atoms with Crippen LogP contribution in [-0.4, -0.2) is 37.7 Å². The molecule has 2 atom stereocenters. The van der Waals surface area contributed by atoms with Gasteiger partial charge in [-0.2, -0.15) is 0 Å². The van der Waals surface area contributed by atoms with Gasteiger partial charge in [0.15, 0.2) is 23.0 Å². The minimum atomic E-state index is -0.316. The Labute approximate surface area is 219 Å². The van der Waals surface area contributed by atoms with Gasteiger partial charge in [0.1, 0.15) is 19.1 Å². The van der Waals surface area contributed by atoms with Crippen LogP contribution in [0.2, 0.25) is 0 Å². The van der Waals surface area contributed by atoms with E-state index in [2.05, 4.69) is 30.3 Å². The van der Waals surface area contributed by atoms with Crippen molar-refractivity contribution in [3.05, 3.63) is 81.9 Å². The number of quaternary nitrogens is 1. The fraction of sp³-hybridized carbons (Fsp3) is 0.321. The molecule has 0 saturated heterocycles. The number of esters is 1. The van der Waals surface area contributed by atoms with Crippen LogP contribution in [-0.2, 0) is 30.7 Å². The van der Waals surface area contributed by atoms with Gasteiger partial charge < -0.3 is 45.1 Å². The van der Waals surface area contributed by atoms with E-state index in [1.807, 2.05) is 18.2 Å². The minimum Gasteiger partial charge on any atom is -1.00 e.